The molecule has 0 saturated carbocycles. The molecule has 0 unspecified atom stereocenters. The highest BCUT2D eigenvalue weighted by molar-refractivity contribution is 9.10. The topological polar surface area (TPSA) is 70.6 Å². The van der Waals surface area contributed by atoms with Crippen LogP contribution in [0.15, 0.2) is 58.1 Å². The number of halogens is 1. The molecule has 0 heterocycles. The summed E-state index contributed by atoms with van der Waals surface area (Å²) in [6.45, 7) is 6.30. The number of benzene rings is 2. The second kappa shape index (κ2) is 8.76. The fraction of sp³-hybridized carbons (Fsp3) is 0.250. The van der Waals surface area contributed by atoms with Crippen LogP contribution in [0.1, 0.15) is 42.3 Å². The average molecular weight is 416 g/mol. The van der Waals surface area contributed by atoms with Crippen LogP contribution in [0.2, 0.25) is 0 Å². The molecular weight excluding hydrogens is 394 g/mol. The van der Waals surface area contributed by atoms with Crippen molar-refractivity contribution in [2.24, 2.45) is 5.10 Å². The van der Waals surface area contributed by atoms with Gasteiger partial charge in [0.15, 0.2) is 0 Å². The van der Waals surface area contributed by atoms with E-state index in [1.54, 1.807) is 24.4 Å². The summed E-state index contributed by atoms with van der Waals surface area (Å²) in [6, 6.07) is 15.0. The summed E-state index contributed by atoms with van der Waals surface area (Å²) in [7, 11) is 0. The number of hydrogen-bond acceptors (Lipinski definition) is 3. The Hall–Kier alpha value is -2.47. The van der Waals surface area contributed by atoms with Crippen LogP contribution in [0.3, 0.4) is 0 Å². The molecule has 0 atom stereocenters. The first-order valence-electron chi connectivity index (χ1n) is 8.22. The Balaban J connectivity index is 1.82. The van der Waals surface area contributed by atoms with Crippen molar-refractivity contribution in [2.75, 3.05) is 6.54 Å². The molecule has 0 saturated heterocycles. The number of carbonyl (C=O) groups excluding carboxylic acids is 2. The Morgan fingerprint density at radius 3 is 2.35 bits per heavy atom. The van der Waals surface area contributed by atoms with Gasteiger partial charge in [0.05, 0.1) is 18.3 Å². The van der Waals surface area contributed by atoms with E-state index in [-0.39, 0.29) is 17.9 Å². The van der Waals surface area contributed by atoms with Crippen LogP contribution in [0.5, 0.6) is 0 Å². The standard InChI is InChI=1S/C20H22BrN3O2/c1-20(2,3)15-10-8-14(9-11-15)12-23-24-18(25)13-22-19(26)16-6-4-5-7-17(16)21/h4-12H,13H2,1-3H3,(H,22,26)(H,24,25)/b23-12-. The largest absolute Gasteiger partial charge is 0.343 e. The van der Waals surface area contributed by atoms with Crippen LogP contribution < -0.4 is 10.7 Å². The van der Waals surface area contributed by atoms with E-state index >= 15 is 0 Å². The number of carbonyl (C=O) groups is 2. The van der Waals surface area contributed by atoms with Crippen molar-refractivity contribution in [3.63, 3.8) is 0 Å². The van der Waals surface area contributed by atoms with Gasteiger partial charge in [-0.1, -0.05) is 57.2 Å². The van der Waals surface area contributed by atoms with Crippen molar-refractivity contribution in [1.82, 2.24) is 10.7 Å². The maximum atomic E-state index is 12.0. The van der Waals surface area contributed by atoms with Crippen molar-refractivity contribution in [1.29, 1.82) is 0 Å². The van der Waals surface area contributed by atoms with Crippen LogP contribution in [-0.4, -0.2) is 24.6 Å². The van der Waals surface area contributed by atoms with E-state index < -0.39 is 5.91 Å². The first-order valence-corrected chi connectivity index (χ1v) is 9.02. The van der Waals surface area contributed by atoms with Crippen LogP contribution in [0, 0.1) is 0 Å². The molecule has 0 radical (unpaired) electrons. The van der Waals surface area contributed by atoms with Gasteiger partial charge in [-0.25, -0.2) is 5.43 Å². The number of hydrogen-bond donors (Lipinski definition) is 2. The zero-order chi connectivity index (χ0) is 19.2. The first kappa shape index (κ1) is 19.8. The van der Waals surface area contributed by atoms with Gasteiger partial charge >= 0.3 is 0 Å². The molecule has 2 N–H and O–H groups in total. The van der Waals surface area contributed by atoms with Gasteiger partial charge in [-0.2, -0.15) is 5.10 Å². The molecule has 0 spiro atoms. The molecule has 2 amide bonds. The van der Waals surface area contributed by atoms with Gasteiger partial charge in [-0.05, 0) is 44.6 Å². The summed E-state index contributed by atoms with van der Waals surface area (Å²) in [5.41, 5.74) is 5.08. The third-order valence-electron chi connectivity index (χ3n) is 3.71. The summed E-state index contributed by atoms with van der Waals surface area (Å²) < 4.78 is 0.676. The normalized spacial score (nSPS) is 11.4. The third-order valence-corrected chi connectivity index (χ3v) is 4.40. The van der Waals surface area contributed by atoms with Gasteiger partial charge in [0.25, 0.3) is 11.8 Å². The maximum Gasteiger partial charge on any atom is 0.259 e. The summed E-state index contributed by atoms with van der Waals surface area (Å²) in [5, 5.41) is 6.47. The Bertz CT molecular complexity index is 809. The minimum absolute atomic E-state index is 0.0931. The monoisotopic (exact) mass is 415 g/mol. The fourth-order valence-electron chi connectivity index (χ4n) is 2.19. The van der Waals surface area contributed by atoms with E-state index in [2.05, 4.69) is 52.5 Å². The minimum atomic E-state index is -0.395. The number of nitrogens with one attached hydrogen (secondary N) is 2. The van der Waals surface area contributed by atoms with Gasteiger partial charge in [0, 0.05) is 4.47 Å². The maximum absolute atomic E-state index is 12.0. The fourth-order valence-corrected chi connectivity index (χ4v) is 2.65. The second-order valence-electron chi connectivity index (χ2n) is 6.83. The molecule has 0 aromatic heterocycles. The predicted octanol–water partition coefficient (Wildman–Crippen LogP) is 3.63. The molecule has 6 heteroatoms. The van der Waals surface area contributed by atoms with Crippen LogP contribution in [0.4, 0.5) is 0 Å². The van der Waals surface area contributed by atoms with E-state index in [1.807, 2.05) is 30.3 Å². The van der Waals surface area contributed by atoms with E-state index in [0.717, 1.165) is 5.56 Å². The number of nitrogens with zero attached hydrogens (tertiary/aromatic N) is 1. The molecule has 5 nitrogen and oxygen atoms in total. The molecule has 2 aromatic carbocycles. The summed E-state index contributed by atoms with van der Waals surface area (Å²) >= 11 is 3.30. The molecule has 0 aliphatic rings. The van der Waals surface area contributed by atoms with Crippen molar-refractivity contribution in [3.05, 3.63) is 69.7 Å². The highest BCUT2D eigenvalue weighted by Gasteiger charge is 2.12. The lowest BCUT2D eigenvalue weighted by molar-refractivity contribution is -0.120. The van der Waals surface area contributed by atoms with E-state index in [9.17, 15) is 9.59 Å². The van der Waals surface area contributed by atoms with Crippen molar-refractivity contribution in [2.45, 2.75) is 26.2 Å². The highest BCUT2D eigenvalue weighted by atomic mass is 79.9. The van der Waals surface area contributed by atoms with E-state index in [4.69, 9.17) is 0 Å². The Morgan fingerprint density at radius 2 is 1.73 bits per heavy atom. The molecule has 2 rings (SSSR count). The summed E-state index contributed by atoms with van der Waals surface area (Å²) in [5.74, 6) is -0.720. The van der Waals surface area contributed by atoms with Gasteiger partial charge in [-0.3, -0.25) is 9.59 Å². The summed E-state index contributed by atoms with van der Waals surface area (Å²) in [6.07, 6.45) is 1.57. The average Bonchev–Trinajstić information content (AvgIpc) is 2.60. The minimum Gasteiger partial charge on any atom is -0.343 e. The van der Waals surface area contributed by atoms with Crippen LogP contribution in [-0.2, 0) is 10.2 Å². The first-order chi connectivity index (χ1) is 12.3. The zero-order valence-electron chi connectivity index (χ0n) is 15.0. The molecular formula is C20H22BrN3O2. The number of amides is 2. The molecule has 2 aromatic rings. The Labute approximate surface area is 162 Å². The lowest BCUT2D eigenvalue weighted by atomic mass is 9.87. The second-order valence-corrected chi connectivity index (χ2v) is 7.68. The molecule has 0 fully saturated rings. The van der Waals surface area contributed by atoms with Crippen molar-refractivity contribution >= 4 is 34.0 Å². The molecule has 136 valence electrons. The highest BCUT2D eigenvalue weighted by Crippen LogP contribution is 2.21. The number of rotatable bonds is 5. The van der Waals surface area contributed by atoms with Gasteiger partial charge in [0.1, 0.15) is 0 Å². The van der Waals surface area contributed by atoms with Gasteiger partial charge in [-0.15, -0.1) is 0 Å². The van der Waals surface area contributed by atoms with E-state index in [0.29, 0.717) is 10.0 Å². The third kappa shape index (κ3) is 5.81. The van der Waals surface area contributed by atoms with Gasteiger partial charge < -0.3 is 5.32 Å². The smallest absolute Gasteiger partial charge is 0.259 e. The molecule has 0 bridgehead atoms. The van der Waals surface area contributed by atoms with Crippen molar-refractivity contribution in [3.8, 4) is 0 Å². The summed E-state index contributed by atoms with van der Waals surface area (Å²) in [4.78, 5) is 23.8. The quantitative estimate of drug-likeness (QED) is 0.577. The zero-order valence-corrected chi connectivity index (χ0v) is 16.6. The van der Waals surface area contributed by atoms with Crippen LogP contribution >= 0.6 is 15.9 Å². The number of hydrazone groups is 1. The van der Waals surface area contributed by atoms with Crippen molar-refractivity contribution < 1.29 is 9.59 Å². The molecule has 0 aliphatic carbocycles. The molecule has 0 aliphatic heterocycles. The lowest BCUT2D eigenvalue weighted by Gasteiger charge is -2.18. The SMILES string of the molecule is CC(C)(C)c1ccc(/C=N\NC(=O)CNC(=O)c2ccccc2Br)cc1. The lowest BCUT2D eigenvalue weighted by Crippen LogP contribution is -2.35. The van der Waals surface area contributed by atoms with E-state index in [1.165, 1.54) is 5.56 Å². The Morgan fingerprint density at radius 1 is 1.08 bits per heavy atom. The predicted molar refractivity (Wildman–Crippen MR) is 107 cm³/mol. The Kier molecular flexibility index (Phi) is 6.69. The van der Waals surface area contributed by atoms with Crippen LogP contribution in [0.25, 0.3) is 0 Å². The van der Waals surface area contributed by atoms with Gasteiger partial charge in [0.2, 0.25) is 0 Å². The molecule has 26 heavy (non-hydrogen) atoms.